The molecule has 2 fully saturated rings. The van der Waals surface area contributed by atoms with E-state index in [0.717, 1.165) is 19.3 Å². The van der Waals surface area contributed by atoms with Crippen LogP contribution < -0.4 is 0 Å². The Kier molecular flexibility index (Phi) is 5.23. The van der Waals surface area contributed by atoms with E-state index in [2.05, 4.69) is 0 Å². The zero-order valence-corrected chi connectivity index (χ0v) is 14.9. The van der Waals surface area contributed by atoms with E-state index in [0.29, 0.717) is 19.4 Å². The summed E-state index contributed by atoms with van der Waals surface area (Å²) in [6.45, 7) is 8.01. The fraction of sp³-hybridized carbons (Fsp3) is 0.882. The van der Waals surface area contributed by atoms with Gasteiger partial charge in [0.25, 0.3) is 0 Å². The fourth-order valence-electron chi connectivity index (χ4n) is 3.57. The van der Waals surface area contributed by atoms with E-state index in [-0.39, 0.29) is 18.2 Å². The van der Waals surface area contributed by atoms with Gasteiger partial charge < -0.3 is 14.2 Å². The minimum Gasteiger partial charge on any atom is -0.467 e. The van der Waals surface area contributed by atoms with Gasteiger partial charge >= 0.3 is 12.1 Å². The highest BCUT2D eigenvalue weighted by Crippen LogP contribution is 2.39. The summed E-state index contributed by atoms with van der Waals surface area (Å²) < 4.78 is 16.4. The van der Waals surface area contributed by atoms with Crippen LogP contribution in [-0.4, -0.2) is 54.0 Å². The number of esters is 1. The maximum absolute atomic E-state index is 12.6. The summed E-state index contributed by atoms with van der Waals surface area (Å²) in [5.41, 5.74) is -1.56. The molecule has 3 atom stereocenters. The second-order valence-corrected chi connectivity index (χ2v) is 7.61. The number of carbonyl (C=O) groups excluding carboxylic acids is 2. The zero-order valence-electron chi connectivity index (χ0n) is 14.9. The molecule has 6 nitrogen and oxygen atoms in total. The van der Waals surface area contributed by atoms with Crippen LogP contribution in [0.3, 0.4) is 0 Å². The van der Waals surface area contributed by atoms with Crippen LogP contribution in [0.4, 0.5) is 4.79 Å². The van der Waals surface area contributed by atoms with Gasteiger partial charge in [-0.1, -0.05) is 0 Å². The van der Waals surface area contributed by atoms with E-state index in [1.54, 1.807) is 4.90 Å². The molecule has 0 N–H and O–H groups in total. The van der Waals surface area contributed by atoms with E-state index < -0.39 is 17.2 Å². The maximum atomic E-state index is 12.6. The molecule has 2 saturated heterocycles. The molecule has 2 aliphatic rings. The van der Waals surface area contributed by atoms with Crippen molar-refractivity contribution in [3.8, 4) is 0 Å². The molecule has 0 aromatic heterocycles. The molecule has 0 bridgehead atoms. The predicted molar refractivity (Wildman–Crippen MR) is 85.1 cm³/mol. The van der Waals surface area contributed by atoms with Crippen molar-refractivity contribution < 1.29 is 23.8 Å². The number of ether oxygens (including phenoxy) is 3. The third kappa shape index (κ3) is 3.97. The minimum atomic E-state index is -0.966. The van der Waals surface area contributed by atoms with Crippen molar-refractivity contribution >= 4 is 12.1 Å². The van der Waals surface area contributed by atoms with Gasteiger partial charge in [-0.15, -0.1) is 0 Å². The van der Waals surface area contributed by atoms with Crippen LogP contribution in [-0.2, 0) is 19.0 Å². The molecule has 2 rings (SSSR count). The van der Waals surface area contributed by atoms with Gasteiger partial charge in [0.1, 0.15) is 11.1 Å². The monoisotopic (exact) mass is 327 g/mol. The van der Waals surface area contributed by atoms with Crippen LogP contribution in [0.15, 0.2) is 0 Å². The lowest BCUT2D eigenvalue weighted by Gasteiger charge is -2.38. The standard InChI is InChI=1S/C17H29NO5/c1-12-7-8-13(22-12)11-17(14(19)21-5)9-6-10-18(17)15(20)23-16(2,3)4/h12-13H,6-11H2,1-5H3. The molecular formula is C17H29NO5. The third-order valence-corrected chi connectivity index (χ3v) is 4.55. The third-order valence-electron chi connectivity index (χ3n) is 4.55. The van der Waals surface area contributed by atoms with Crippen molar-refractivity contribution in [2.45, 2.75) is 83.1 Å². The summed E-state index contributed by atoms with van der Waals surface area (Å²) >= 11 is 0. The highest BCUT2D eigenvalue weighted by atomic mass is 16.6. The summed E-state index contributed by atoms with van der Waals surface area (Å²) in [4.78, 5) is 26.7. The highest BCUT2D eigenvalue weighted by molar-refractivity contribution is 5.86. The highest BCUT2D eigenvalue weighted by Gasteiger charge is 2.53. The molecular weight excluding hydrogens is 298 g/mol. The van der Waals surface area contributed by atoms with E-state index in [1.807, 2.05) is 27.7 Å². The van der Waals surface area contributed by atoms with Crippen molar-refractivity contribution in [3.05, 3.63) is 0 Å². The van der Waals surface area contributed by atoms with Crippen LogP contribution in [0.1, 0.15) is 59.8 Å². The Morgan fingerprint density at radius 1 is 1.30 bits per heavy atom. The van der Waals surface area contributed by atoms with E-state index >= 15 is 0 Å². The number of methoxy groups -OCH3 is 1. The summed E-state index contributed by atoms with van der Waals surface area (Å²) in [6.07, 6.45) is 3.44. The lowest BCUT2D eigenvalue weighted by molar-refractivity contribution is -0.155. The number of rotatable bonds is 3. The lowest BCUT2D eigenvalue weighted by Crippen LogP contribution is -2.56. The molecule has 2 heterocycles. The Morgan fingerprint density at radius 3 is 2.52 bits per heavy atom. The summed E-state index contributed by atoms with van der Waals surface area (Å²) in [7, 11) is 1.37. The van der Waals surface area contributed by atoms with Gasteiger partial charge in [0.05, 0.1) is 19.3 Å². The Balaban J connectivity index is 2.21. The van der Waals surface area contributed by atoms with Crippen molar-refractivity contribution in [2.75, 3.05) is 13.7 Å². The Hall–Kier alpha value is -1.30. The van der Waals surface area contributed by atoms with E-state index in [9.17, 15) is 9.59 Å². The number of hydrogen-bond donors (Lipinski definition) is 0. The van der Waals surface area contributed by atoms with Crippen LogP contribution in [0.2, 0.25) is 0 Å². The first-order chi connectivity index (χ1) is 10.7. The molecule has 1 amide bonds. The van der Waals surface area contributed by atoms with Crippen molar-refractivity contribution in [1.29, 1.82) is 0 Å². The van der Waals surface area contributed by atoms with E-state index in [1.165, 1.54) is 7.11 Å². The molecule has 132 valence electrons. The number of hydrogen-bond acceptors (Lipinski definition) is 5. The minimum absolute atomic E-state index is 0.0212. The fourth-order valence-corrected chi connectivity index (χ4v) is 3.57. The summed E-state index contributed by atoms with van der Waals surface area (Å²) in [6, 6.07) is 0. The van der Waals surface area contributed by atoms with Gasteiger partial charge in [0, 0.05) is 13.0 Å². The first-order valence-electron chi connectivity index (χ1n) is 8.42. The average Bonchev–Trinajstić information content (AvgIpc) is 3.03. The first-order valence-corrected chi connectivity index (χ1v) is 8.42. The average molecular weight is 327 g/mol. The van der Waals surface area contributed by atoms with Gasteiger partial charge in [-0.25, -0.2) is 9.59 Å². The largest absolute Gasteiger partial charge is 0.467 e. The zero-order chi connectivity index (χ0) is 17.3. The maximum Gasteiger partial charge on any atom is 0.411 e. The Labute approximate surface area is 138 Å². The quantitative estimate of drug-likeness (QED) is 0.746. The number of amides is 1. The SMILES string of the molecule is COC(=O)C1(CC2CCC(C)O2)CCCN1C(=O)OC(C)(C)C. The molecule has 0 aromatic rings. The normalized spacial score (nSPS) is 31.3. The van der Waals surface area contributed by atoms with Crippen molar-refractivity contribution in [2.24, 2.45) is 0 Å². The van der Waals surface area contributed by atoms with E-state index in [4.69, 9.17) is 14.2 Å². The molecule has 23 heavy (non-hydrogen) atoms. The Bertz CT molecular complexity index is 458. The van der Waals surface area contributed by atoms with Crippen LogP contribution >= 0.6 is 0 Å². The molecule has 6 heteroatoms. The lowest BCUT2D eigenvalue weighted by atomic mass is 9.88. The smallest absolute Gasteiger partial charge is 0.411 e. The van der Waals surface area contributed by atoms with Gasteiger partial charge in [-0.2, -0.15) is 0 Å². The van der Waals surface area contributed by atoms with Gasteiger partial charge in [0.15, 0.2) is 0 Å². The van der Waals surface area contributed by atoms with Crippen LogP contribution in [0, 0.1) is 0 Å². The second kappa shape index (κ2) is 6.67. The van der Waals surface area contributed by atoms with Crippen molar-refractivity contribution in [1.82, 2.24) is 4.90 Å². The second-order valence-electron chi connectivity index (χ2n) is 7.61. The van der Waals surface area contributed by atoms with Crippen LogP contribution in [0.5, 0.6) is 0 Å². The first kappa shape index (κ1) is 18.0. The van der Waals surface area contributed by atoms with Crippen LogP contribution in [0.25, 0.3) is 0 Å². The molecule has 0 spiro atoms. The summed E-state index contributed by atoms with van der Waals surface area (Å²) in [5, 5.41) is 0. The number of nitrogens with zero attached hydrogens (tertiary/aromatic N) is 1. The van der Waals surface area contributed by atoms with Crippen molar-refractivity contribution in [3.63, 3.8) is 0 Å². The molecule has 0 saturated carbocycles. The number of carbonyl (C=O) groups is 2. The molecule has 0 aliphatic carbocycles. The van der Waals surface area contributed by atoms with Gasteiger partial charge in [0.2, 0.25) is 0 Å². The Morgan fingerprint density at radius 2 is 2.00 bits per heavy atom. The molecule has 3 unspecified atom stereocenters. The van der Waals surface area contributed by atoms with Gasteiger partial charge in [-0.3, -0.25) is 4.90 Å². The molecule has 0 radical (unpaired) electrons. The molecule has 2 aliphatic heterocycles. The topological polar surface area (TPSA) is 65.1 Å². The van der Waals surface area contributed by atoms with Gasteiger partial charge in [-0.05, 0) is 53.4 Å². The summed E-state index contributed by atoms with van der Waals surface area (Å²) in [5.74, 6) is -0.371. The molecule has 0 aromatic carbocycles. The number of likely N-dealkylation sites (tertiary alicyclic amines) is 1. The predicted octanol–water partition coefficient (Wildman–Crippen LogP) is 2.89.